The van der Waals surface area contributed by atoms with Gasteiger partial charge in [-0.2, -0.15) is 0 Å². The molecule has 3 aliphatic heterocycles. The SMILES string of the molecule is C=CCCC(=O)N(C)[C@H](C)[C@H](OC(=O)[C@H]1[C@@H]2O[C@@]3(CC2Br)[C@@H]1C(=O)N([C@@H](CO)CC(C)C)[C@@H]3C(=O)N(CC=C)CCCC)c1ccccc1. The number of alkyl halides is 1. The lowest BCUT2D eigenvalue weighted by Gasteiger charge is -2.40. The Hall–Kier alpha value is -3.02. The summed E-state index contributed by atoms with van der Waals surface area (Å²) in [5.74, 6) is -3.23. The number of hydrogen-bond acceptors (Lipinski definition) is 7. The standard InChI is InChI=1S/C38H54BrN3O7/c1-8-11-18-29(44)40(7)25(6)32(26-16-14-13-15-17-26)48-37(47)30-31-35(45)42(27(23-43)21-24(4)5)34(38(31)22-28(39)33(30)49-38)36(46)41(19-10-3)20-12-9-2/h8,10,13-17,24-25,27-28,30-34,43H,1,3,9,11-12,18-23H2,2,4-7H3/t25-,27-,28?,30-,31+,32+,33-,34-,38+/m1/s1. The Morgan fingerprint density at radius 1 is 1.18 bits per heavy atom. The number of carbonyl (C=O) groups excluding carboxylic acids is 4. The van der Waals surface area contributed by atoms with Gasteiger partial charge in [0.05, 0.1) is 36.6 Å². The molecule has 4 rings (SSSR count). The van der Waals surface area contributed by atoms with Crippen LogP contribution in [0, 0.1) is 17.8 Å². The maximum atomic E-state index is 14.7. The van der Waals surface area contributed by atoms with Gasteiger partial charge in [0.15, 0.2) is 0 Å². The molecule has 10 nitrogen and oxygen atoms in total. The lowest BCUT2D eigenvalue weighted by molar-refractivity contribution is -0.165. The topological polar surface area (TPSA) is 117 Å². The van der Waals surface area contributed by atoms with Crippen LogP contribution in [0.5, 0.6) is 0 Å². The highest BCUT2D eigenvalue weighted by Crippen LogP contribution is 2.61. The lowest BCUT2D eigenvalue weighted by Crippen LogP contribution is -2.59. The van der Waals surface area contributed by atoms with Gasteiger partial charge in [0.2, 0.25) is 17.7 Å². The van der Waals surface area contributed by atoms with Crippen molar-refractivity contribution in [1.29, 1.82) is 0 Å². The monoisotopic (exact) mass is 743 g/mol. The maximum absolute atomic E-state index is 14.7. The second kappa shape index (κ2) is 16.8. The fourth-order valence-electron chi connectivity index (χ4n) is 7.92. The molecule has 2 bridgehead atoms. The predicted molar refractivity (Wildman–Crippen MR) is 192 cm³/mol. The van der Waals surface area contributed by atoms with Crippen molar-refractivity contribution in [3.63, 3.8) is 0 Å². The Morgan fingerprint density at radius 2 is 1.88 bits per heavy atom. The number of ether oxygens (including phenoxy) is 2. The van der Waals surface area contributed by atoms with Gasteiger partial charge in [-0.05, 0) is 44.1 Å². The van der Waals surface area contributed by atoms with Crippen LogP contribution in [-0.4, -0.2) is 105 Å². The highest BCUT2D eigenvalue weighted by atomic mass is 79.9. The normalized spacial score (nSPS) is 27.4. The molecule has 0 aromatic heterocycles. The molecular weight excluding hydrogens is 690 g/mol. The van der Waals surface area contributed by atoms with E-state index in [9.17, 15) is 24.3 Å². The molecule has 3 fully saturated rings. The van der Waals surface area contributed by atoms with Gasteiger partial charge in [-0.1, -0.05) is 85.6 Å². The maximum Gasteiger partial charge on any atom is 0.313 e. The van der Waals surface area contributed by atoms with E-state index < -0.39 is 53.7 Å². The first-order valence-corrected chi connectivity index (χ1v) is 18.6. The zero-order chi connectivity index (χ0) is 36.0. The van der Waals surface area contributed by atoms with E-state index in [1.807, 2.05) is 58.0 Å². The van der Waals surface area contributed by atoms with Gasteiger partial charge in [0.25, 0.3) is 0 Å². The van der Waals surface area contributed by atoms with Gasteiger partial charge in [-0.15, -0.1) is 13.2 Å². The molecule has 3 amide bonds. The summed E-state index contributed by atoms with van der Waals surface area (Å²) in [6.45, 7) is 15.9. The van der Waals surface area contributed by atoms with Crippen LogP contribution < -0.4 is 0 Å². The second-order valence-electron chi connectivity index (χ2n) is 14.1. The number of carbonyl (C=O) groups is 4. The van der Waals surface area contributed by atoms with Crippen LogP contribution in [0.3, 0.4) is 0 Å². The van der Waals surface area contributed by atoms with E-state index in [1.54, 1.807) is 29.0 Å². The number of allylic oxidation sites excluding steroid dienone is 1. The summed E-state index contributed by atoms with van der Waals surface area (Å²) in [5, 5.41) is 10.6. The van der Waals surface area contributed by atoms with Gasteiger partial charge in [-0.3, -0.25) is 19.2 Å². The molecule has 1 aromatic rings. The molecule has 3 saturated heterocycles. The van der Waals surface area contributed by atoms with Crippen LogP contribution >= 0.6 is 15.9 Å². The molecule has 1 aromatic carbocycles. The Morgan fingerprint density at radius 3 is 2.47 bits per heavy atom. The number of aliphatic hydroxyl groups excluding tert-OH is 1. The van der Waals surface area contributed by atoms with Gasteiger partial charge in [-0.25, -0.2) is 0 Å². The molecule has 0 aliphatic carbocycles. The molecule has 1 spiro atoms. The van der Waals surface area contributed by atoms with Crippen molar-refractivity contribution in [2.75, 3.05) is 26.7 Å². The Balaban J connectivity index is 1.75. The largest absolute Gasteiger partial charge is 0.455 e. The summed E-state index contributed by atoms with van der Waals surface area (Å²) in [5.41, 5.74) is -0.584. The van der Waals surface area contributed by atoms with Crippen LogP contribution in [0.1, 0.15) is 77.9 Å². The fourth-order valence-corrected chi connectivity index (χ4v) is 8.87. The number of esters is 1. The number of halogens is 1. The number of hydrogen-bond donors (Lipinski definition) is 1. The Labute approximate surface area is 300 Å². The number of unbranched alkanes of at least 4 members (excludes halogenated alkanes) is 1. The van der Waals surface area contributed by atoms with Crippen molar-refractivity contribution in [1.82, 2.24) is 14.7 Å². The minimum absolute atomic E-state index is 0.109. The zero-order valence-corrected chi connectivity index (χ0v) is 31.2. The average molecular weight is 745 g/mol. The van der Waals surface area contributed by atoms with Crippen molar-refractivity contribution in [3.05, 3.63) is 61.2 Å². The molecule has 3 heterocycles. The zero-order valence-electron chi connectivity index (χ0n) is 29.6. The average Bonchev–Trinajstić information content (AvgIpc) is 3.69. The Bertz CT molecular complexity index is 1360. The quantitative estimate of drug-likeness (QED) is 0.127. The molecular formula is C38H54BrN3O7. The predicted octanol–water partition coefficient (Wildman–Crippen LogP) is 5.05. The van der Waals surface area contributed by atoms with E-state index in [0.29, 0.717) is 37.9 Å². The summed E-state index contributed by atoms with van der Waals surface area (Å²) in [7, 11) is 1.69. The van der Waals surface area contributed by atoms with E-state index in [1.165, 1.54) is 4.90 Å². The van der Waals surface area contributed by atoms with E-state index in [-0.39, 0.29) is 41.5 Å². The third-order valence-corrected chi connectivity index (χ3v) is 11.2. The number of aliphatic hydroxyl groups is 1. The summed E-state index contributed by atoms with van der Waals surface area (Å²) in [4.78, 5) is 61.4. The molecule has 0 saturated carbocycles. The van der Waals surface area contributed by atoms with Crippen LogP contribution in [0.25, 0.3) is 0 Å². The highest BCUT2D eigenvalue weighted by molar-refractivity contribution is 9.09. The van der Waals surface area contributed by atoms with Gasteiger partial charge in [0, 0.05) is 31.4 Å². The molecule has 9 atom stereocenters. The summed E-state index contributed by atoms with van der Waals surface area (Å²) in [6.07, 6.45) is 5.09. The molecule has 1 unspecified atom stereocenters. The first kappa shape index (κ1) is 38.8. The minimum atomic E-state index is -1.29. The first-order valence-electron chi connectivity index (χ1n) is 17.6. The van der Waals surface area contributed by atoms with Crippen LogP contribution in [0.15, 0.2) is 55.6 Å². The number of fused-ring (bicyclic) bond motifs is 1. The molecule has 3 aliphatic rings. The summed E-state index contributed by atoms with van der Waals surface area (Å²) < 4.78 is 13.1. The van der Waals surface area contributed by atoms with Crippen molar-refractivity contribution in [3.8, 4) is 0 Å². The van der Waals surface area contributed by atoms with Crippen molar-refractivity contribution >= 4 is 39.6 Å². The number of amides is 3. The van der Waals surface area contributed by atoms with Crippen molar-refractivity contribution < 1.29 is 33.8 Å². The van der Waals surface area contributed by atoms with E-state index in [0.717, 1.165) is 12.8 Å². The molecule has 270 valence electrons. The third kappa shape index (κ3) is 7.69. The fraction of sp³-hybridized carbons (Fsp3) is 0.632. The van der Waals surface area contributed by atoms with Gasteiger partial charge >= 0.3 is 5.97 Å². The number of benzene rings is 1. The molecule has 0 radical (unpaired) electrons. The van der Waals surface area contributed by atoms with Gasteiger partial charge in [0.1, 0.15) is 17.7 Å². The molecule has 1 N–H and O–H groups in total. The number of nitrogens with zero attached hydrogens (tertiary/aromatic N) is 3. The van der Waals surface area contributed by atoms with Crippen LogP contribution in [0.2, 0.25) is 0 Å². The van der Waals surface area contributed by atoms with E-state index >= 15 is 0 Å². The lowest BCUT2D eigenvalue weighted by atomic mass is 9.70. The number of likely N-dealkylation sites (N-methyl/N-ethyl adjacent to an activating group) is 1. The van der Waals surface area contributed by atoms with Crippen LogP contribution in [-0.2, 0) is 28.7 Å². The van der Waals surface area contributed by atoms with E-state index in [4.69, 9.17) is 9.47 Å². The number of rotatable bonds is 18. The highest BCUT2D eigenvalue weighted by Gasteiger charge is 2.77. The summed E-state index contributed by atoms with van der Waals surface area (Å²) >= 11 is 3.75. The van der Waals surface area contributed by atoms with Crippen molar-refractivity contribution in [2.45, 2.75) is 107 Å². The van der Waals surface area contributed by atoms with E-state index in [2.05, 4.69) is 29.1 Å². The third-order valence-electron chi connectivity index (χ3n) is 10.4. The van der Waals surface area contributed by atoms with Crippen molar-refractivity contribution in [2.24, 2.45) is 17.8 Å². The minimum Gasteiger partial charge on any atom is -0.455 e. The molecule has 11 heteroatoms. The van der Waals surface area contributed by atoms with Crippen LogP contribution in [0.4, 0.5) is 0 Å². The summed E-state index contributed by atoms with van der Waals surface area (Å²) in [6, 6.07) is 7.05. The first-order chi connectivity index (χ1) is 23.4. The second-order valence-corrected chi connectivity index (χ2v) is 15.3. The molecule has 49 heavy (non-hydrogen) atoms. The Kier molecular flexibility index (Phi) is 13.3. The van der Waals surface area contributed by atoms with Gasteiger partial charge < -0.3 is 29.3 Å². The number of likely N-dealkylation sites (tertiary alicyclic amines) is 1. The smallest absolute Gasteiger partial charge is 0.313 e.